The minimum absolute atomic E-state index is 0.170. The van der Waals surface area contributed by atoms with E-state index in [1.807, 2.05) is 30.6 Å². The van der Waals surface area contributed by atoms with Gasteiger partial charge in [-0.05, 0) is 47.5 Å². The molecular formula is C25H23FN4. The quantitative estimate of drug-likeness (QED) is 0.496. The first kappa shape index (κ1) is 18.7. The van der Waals surface area contributed by atoms with Crippen LogP contribution in [0.2, 0.25) is 0 Å². The number of nitrogens with zero attached hydrogens (tertiary/aromatic N) is 4. The number of halogens is 1. The molecule has 150 valence electrons. The molecule has 3 heterocycles. The van der Waals surface area contributed by atoms with E-state index < -0.39 is 0 Å². The van der Waals surface area contributed by atoms with Crippen LogP contribution in [0.5, 0.6) is 0 Å². The molecule has 4 nitrogen and oxygen atoms in total. The monoisotopic (exact) mass is 398 g/mol. The van der Waals surface area contributed by atoms with Crippen molar-refractivity contribution in [2.45, 2.75) is 6.54 Å². The summed E-state index contributed by atoms with van der Waals surface area (Å²) in [4.78, 5) is 13.9. The number of hydrogen-bond acceptors (Lipinski definition) is 4. The van der Waals surface area contributed by atoms with E-state index in [1.165, 1.54) is 6.07 Å². The van der Waals surface area contributed by atoms with Gasteiger partial charge in [-0.15, -0.1) is 0 Å². The van der Waals surface area contributed by atoms with Crippen LogP contribution in [-0.2, 0) is 6.54 Å². The van der Waals surface area contributed by atoms with Crippen molar-refractivity contribution in [2.24, 2.45) is 0 Å². The average Bonchev–Trinajstić information content (AvgIpc) is 2.79. The average molecular weight is 398 g/mol. The van der Waals surface area contributed by atoms with E-state index in [4.69, 9.17) is 4.98 Å². The Morgan fingerprint density at radius 2 is 1.63 bits per heavy atom. The summed E-state index contributed by atoms with van der Waals surface area (Å²) in [5.74, 6) is 0.839. The lowest BCUT2D eigenvalue weighted by Gasteiger charge is -2.35. The first-order valence-electron chi connectivity index (χ1n) is 10.3. The van der Waals surface area contributed by atoms with Gasteiger partial charge in [0.25, 0.3) is 0 Å². The number of rotatable bonds is 4. The minimum Gasteiger partial charge on any atom is -0.354 e. The molecule has 0 unspecified atom stereocenters. The van der Waals surface area contributed by atoms with E-state index in [1.54, 1.807) is 12.1 Å². The lowest BCUT2D eigenvalue weighted by Crippen LogP contribution is -2.46. The van der Waals surface area contributed by atoms with E-state index in [0.717, 1.165) is 66.1 Å². The summed E-state index contributed by atoms with van der Waals surface area (Å²) in [6.07, 6.45) is 3.63. The second-order valence-corrected chi connectivity index (χ2v) is 7.68. The lowest BCUT2D eigenvalue weighted by molar-refractivity contribution is 0.249. The molecule has 30 heavy (non-hydrogen) atoms. The van der Waals surface area contributed by atoms with Crippen molar-refractivity contribution in [3.63, 3.8) is 0 Å². The molecule has 0 bridgehead atoms. The van der Waals surface area contributed by atoms with E-state index >= 15 is 0 Å². The van der Waals surface area contributed by atoms with Gasteiger partial charge >= 0.3 is 0 Å². The number of anilines is 1. The van der Waals surface area contributed by atoms with Crippen LogP contribution >= 0.6 is 0 Å². The van der Waals surface area contributed by atoms with Gasteiger partial charge in [-0.25, -0.2) is 9.37 Å². The topological polar surface area (TPSA) is 32.3 Å². The van der Waals surface area contributed by atoms with E-state index in [0.29, 0.717) is 0 Å². The summed E-state index contributed by atoms with van der Waals surface area (Å²) in [5.41, 5.74) is 4.29. The van der Waals surface area contributed by atoms with Crippen LogP contribution in [0.1, 0.15) is 5.56 Å². The van der Waals surface area contributed by atoms with Crippen molar-refractivity contribution < 1.29 is 4.39 Å². The Morgan fingerprint density at radius 3 is 2.43 bits per heavy atom. The molecule has 0 radical (unpaired) electrons. The van der Waals surface area contributed by atoms with Gasteiger partial charge in [0, 0.05) is 56.1 Å². The van der Waals surface area contributed by atoms with Gasteiger partial charge in [0.15, 0.2) is 0 Å². The van der Waals surface area contributed by atoms with Crippen LogP contribution in [0.3, 0.4) is 0 Å². The molecule has 5 heteroatoms. The second kappa shape index (κ2) is 8.20. The standard InChI is InChI=1S/C25H23FN4/c26-22-5-1-3-19(17-22)18-29-13-15-30(16-14-29)24-8-7-21-4-2-6-23(25(21)28-24)20-9-11-27-12-10-20/h1-12,17H,13-16,18H2. The highest BCUT2D eigenvalue weighted by Gasteiger charge is 2.19. The van der Waals surface area contributed by atoms with E-state index in [-0.39, 0.29) is 5.82 Å². The first-order valence-corrected chi connectivity index (χ1v) is 10.3. The van der Waals surface area contributed by atoms with Gasteiger partial charge in [-0.2, -0.15) is 0 Å². The van der Waals surface area contributed by atoms with Gasteiger partial charge < -0.3 is 4.90 Å². The third kappa shape index (κ3) is 3.89. The van der Waals surface area contributed by atoms with Crippen LogP contribution in [0.25, 0.3) is 22.0 Å². The van der Waals surface area contributed by atoms with Crippen molar-refractivity contribution in [3.8, 4) is 11.1 Å². The normalized spacial score (nSPS) is 14.9. The molecule has 0 spiro atoms. The molecular weight excluding hydrogens is 375 g/mol. The highest BCUT2D eigenvalue weighted by molar-refractivity contribution is 5.94. The maximum atomic E-state index is 13.4. The Hall–Kier alpha value is -3.31. The summed E-state index contributed by atoms with van der Waals surface area (Å²) in [5, 5.41) is 1.14. The van der Waals surface area contributed by atoms with E-state index in [9.17, 15) is 4.39 Å². The van der Waals surface area contributed by atoms with E-state index in [2.05, 4.69) is 45.1 Å². The number of aromatic nitrogens is 2. The van der Waals surface area contributed by atoms with Gasteiger partial charge in [-0.1, -0.05) is 30.3 Å². The number of benzene rings is 2. The molecule has 5 rings (SSSR count). The Kier molecular flexibility index (Phi) is 5.11. The summed E-state index contributed by atoms with van der Waals surface area (Å²) < 4.78 is 13.4. The molecule has 4 aromatic rings. The van der Waals surface area contributed by atoms with Gasteiger partial charge in [0.2, 0.25) is 0 Å². The summed E-state index contributed by atoms with van der Waals surface area (Å²) in [7, 11) is 0. The van der Waals surface area contributed by atoms with Gasteiger partial charge in [-0.3, -0.25) is 9.88 Å². The van der Waals surface area contributed by atoms with Crippen LogP contribution in [-0.4, -0.2) is 41.0 Å². The number of pyridine rings is 2. The summed E-state index contributed by atoms with van der Waals surface area (Å²) in [6.45, 7) is 4.46. The number of piperazine rings is 1. The fourth-order valence-electron chi connectivity index (χ4n) is 4.11. The highest BCUT2D eigenvalue weighted by Crippen LogP contribution is 2.29. The zero-order chi connectivity index (χ0) is 20.3. The molecule has 1 saturated heterocycles. The summed E-state index contributed by atoms with van der Waals surface area (Å²) in [6, 6.07) is 21.5. The first-order chi connectivity index (χ1) is 14.8. The van der Waals surface area contributed by atoms with Crippen molar-refractivity contribution in [2.75, 3.05) is 31.1 Å². The third-order valence-corrected chi connectivity index (χ3v) is 5.69. The molecule has 2 aromatic carbocycles. The van der Waals surface area contributed by atoms with Crippen LogP contribution in [0, 0.1) is 5.82 Å². The molecule has 0 N–H and O–H groups in total. The van der Waals surface area contributed by atoms with Gasteiger partial charge in [0.05, 0.1) is 5.52 Å². The Morgan fingerprint density at radius 1 is 0.833 bits per heavy atom. The number of hydrogen-bond donors (Lipinski definition) is 0. The fraction of sp³-hybridized carbons (Fsp3) is 0.200. The fourth-order valence-corrected chi connectivity index (χ4v) is 4.11. The number of fused-ring (bicyclic) bond motifs is 1. The predicted octanol–water partition coefficient (Wildman–Crippen LogP) is 4.76. The second-order valence-electron chi connectivity index (χ2n) is 7.68. The SMILES string of the molecule is Fc1cccc(CN2CCN(c3ccc4cccc(-c5ccncc5)c4n3)CC2)c1. The number of para-hydroxylation sites is 1. The highest BCUT2D eigenvalue weighted by atomic mass is 19.1. The van der Waals surface area contributed by atoms with Crippen molar-refractivity contribution in [3.05, 3.63) is 90.5 Å². The lowest BCUT2D eigenvalue weighted by atomic mass is 10.0. The molecule has 1 aliphatic heterocycles. The molecule has 0 amide bonds. The van der Waals surface area contributed by atoms with Crippen LogP contribution in [0.15, 0.2) is 79.1 Å². The smallest absolute Gasteiger partial charge is 0.129 e. The van der Waals surface area contributed by atoms with Crippen LogP contribution in [0.4, 0.5) is 10.2 Å². The largest absolute Gasteiger partial charge is 0.354 e. The molecule has 0 aliphatic carbocycles. The maximum Gasteiger partial charge on any atom is 0.129 e. The Labute approximate surface area is 175 Å². The molecule has 2 aromatic heterocycles. The Bertz CT molecular complexity index is 1150. The van der Waals surface area contributed by atoms with Crippen molar-refractivity contribution in [1.29, 1.82) is 0 Å². The van der Waals surface area contributed by atoms with Crippen molar-refractivity contribution >= 4 is 16.7 Å². The molecule has 1 fully saturated rings. The van der Waals surface area contributed by atoms with Crippen LogP contribution < -0.4 is 4.90 Å². The van der Waals surface area contributed by atoms with Crippen molar-refractivity contribution in [1.82, 2.24) is 14.9 Å². The maximum absolute atomic E-state index is 13.4. The molecule has 1 aliphatic rings. The zero-order valence-corrected chi connectivity index (χ0v) is 16.7. The predicted molar refractivity (Wildman–Crippen MR) is 119 cm³/mol. The Balaban J connectivity index is 1.35. The summed E-state index contributed by atoms with van der Waals surface area (Å²) >= 11 is 0. The van der Waals surface area contributed by atoms with Gasteiger partial charge in [0.1, 0.15) is 11.6 Å². The third-order valence-electron chi connectivity index (χ3n) is 5.69. The molecule has 0 saturated carbocycles. The zero-order valence-electron chi connectivity index (χ0n) is 16.7. The molecule has 0 atom stereocenters. The minimum atomic E-state index is -0.170.